The van der Waals surface area contributed by atoms with Gasteiger partial charge in [-0.1, -0.05) is 54.6 Å². The summed E-state index contributed by atoms with van der Waals surface area (Å²) < 4.78 is 0. The second kappa shape index (κ2) is 7.85. The summed E-state index contributed by atoms with van der Waals surface area (Å²) in [5.74, 6) is 0.0897. The van der Waals surface area contributed by atoms with Gasteiger partial charge >= 0.3 is 0 Å². The number of benzene rings is 2. The molecule has 2 aromatic carbocycles. The lowest BCUT2D eigenvalue weighted by Gasteiger charge is -2.20. The number of amides is 1. The molecule has 2 N–H and O–H groups in total. The molecular formula is C22H23N2OS+. The van der Waals surface area contributed by atoms with Crippen LogP contribution < -0.4 is 10.2 Å². The van der Waals surface area contributed by atoms with E-state index in [0.717, 1.165) is 23.4 Å². The maximum absolute atomic E-state index is 12.7. The Morgan fingerprint density at radius 1 is 1.04 bits per heavy atom. The van der Waals surface area contributed by atoms with Crippen LogP contribution in [0.4, 0.5) is 5.69 Å². The monoisotopic (exact) mass is 363 g/mol. The normalized spacial score (nSPS) is 19.4. The molecule has 0 bridgehead atoms. The molecule has 4 heteroatoms. The second-order valence-electron chi connectivity index (χ2n) is 6.76. The van der Waals surface area contributed by atoms with E-state index in [4.69, 9.17) is 0 Å². The van der Waals surface area contributed by atoms with Crippen LogP contribution in [0.25, 0.3) is 11.1 Å². The third-order valence-corrected chi connectivity index (χ3v) is 6.03. The van der Waals surface area contributed by atoms with E-state index in [2.05, 4.69) is 41.0 Å². The highest BCUT2D eigenvalue weighted by Crippen LogP contribution is 2.27. The summed E-state index contributed by atoms with van der Waals surface area (Å²) in [5, 5.41) is 5.27. The van der Waals surface area contributed by atoms with Crippen molar-refractivity contribution in [3.8, 4) is 11.1 Å². The third kappa shape index (κ3) is 3.71. The predicted octanol–water partition coefficient (Wildman–Crippen LogP) is 3.77. The van der Waals surface area contributed by atoms with Gasteiger partial charge in [0, 0.05) is 24.1 Å². The summed E-state index contributed by atoms with van der Waals surface area (Å²) in [7, 11) is 0. The number of nitrogens with one attached hydrogen (secondary N) is 2. The van der Waals surface area contributed by atoms with Crippen LogP contribution >= 0.6 is 11.3 Å². The number of carbonyl (C=O) groups excluding carboxylic acids is 1. The van der Waals surface area contributed by atoms with E-state index in [1.807, 2.05) is 36.4 Å². The lowest BCUT2D eigenvalue weighted by atomic mass is 10.0. The lowest BCUT2D eigenvalue weighted by Crippen LogP contribution is -3.11. The van der Waals surface area contributed by atoms with Crippen molar-refractivity contribution in [3.63, 3.8) is 0 Å². The molecule has 3 aromatic rings. The van der Waals surface area contributed by atoms with Gasteiger partial charge in [0.05, 0.1) is 11.4 Å². The minimum Gasteiger partial charge on any atom is -0.321 e. The molecule has 2 heterocycles. The van der Waals surface area contributed by atoms with Gasteiger partial charge in [0.15, 0.2) is 6.54 Å². The number of carbonyl (C=O) groups is 1. The van der Waals surface area contributed by atoms with Gasteiger partial charge in [-0.3, -0.25) is 4.79 Å². The molecule has 1 unspecified atom stereocenters. The zero-order valence-corrected chi connectivity index (χ0v) is 15.5. The number of hydrogen-bond donors (Lipinski definition) is 2. The van der Waals surface area contributed by atoms with Crippen molar-refractivity contribution in [2.24, 2.45) is 0 Å². The average Bonchev–Trinajstić information content (AvgIpc) is 3.34. The molecule has 1 fully saturated rings. The van der Waals surface area contributed by atoms with Crippen molar-refractivity contribution >= 4 is 22.9 Å². The minimum atomic E-state index is 0.0897. The predicted molar refractivity (Wildman–Crippen MR) is 107 cm³/mol. The summed E-state index contributed by atoms with van der Waals surface area (Å²) in [4.78, 5) is 15.5. The van der Waals surface area contributed by atoms with Crippen molar-refractivity contribution in [1.82, 2.24) is 0 Å². The topological polar surface area (TPSA) is 33.5 Å². The van der Waals surface area contributed by atoms with Gasteiger partial charge in [-0.05, 0) is 23.1 Å². The van der Waals surface area contributed by atoms with Crippen LogP contribution in [0, 0.1) is 0 Å². The standard InChI is InChI=1S/C22H22N2OS/c25-22(16-24-14-6-12-20(24)21-13-7-15-26-21)23-19-11-5-4-10-18(19)17-8-2-1-3-9-17/h1-5,7-11,13,15,20H,6,12,14,16H2,(H,23,25)/p+1/t20-/m0/s1. The molecule has 26 heavy (non-hydrogen) atoms. The summed E-state index contributed by atoms with van der Waals surface area (Å²) in [6.45, 7) is 1.59. The van der Waals surface area contributed by atoms with Crippen LogP contribution in [0.1, 0.15) is 23.8 Å². The van der Waals surface area contributed by atoms with Crippen molar-refractivity contribution < 1.29 is 9.69 Å². The van der Waals surface area contributed by atoms with Gasteiger partial charge in [-0.25, -0.2) is 0 Å². The fourth-order valence-electron chi connectivity index (χ4n) is 3.82. The van der Waals surface area contributed by atoms with Gasteiger partial charge in [-0.2, -0.15) is 0 Å². The fraction of sp³-hybridized carbons (Fsp3) is 0.227. The number of rotatable bonds is 5. The van der Waals surface area contributed by atoms with E-state index < -0.39 is 0 Å². The highest BCUT2D eigenvalue weighted by Gasteiger charge is 2.32. The first-order chi connectivity index (χ1) is 12.8. The molecular weight excluding hydrogens is 340 g/mol. The first-order valence-corrected chi connectivity index (χ1v) is 10.0. The minimum absolute atomic E-state index is 0.0897. The third-order valence-electron chi connectivity index (χ3n) is 5.04. The number of hydrogen-bond acceptors (Lipinski definition) is 2. The smallest absolute Gasteiger partial charge is 0.279 e. The van der Waals surface area contributed by atoms with Gasteiger partial charge in [0.1, 0.15) is 6.04 Å². The van der Waals surface area contributed by atoms with Crippen LogP contribution in [0.15, 0.2) is 72.1 Å². The number of quaternary nitrogens is 1. The van der Waals surface area contributed by atoms with Gasteiger partial charge < -0.3 is 10.2 Å². The molecule has 4 rings (SSSR count). The fourth-order valence-corrected chi connectivity index (χ4v) is 4.74. The number of anilines is 1. The summed E-state index contributed by atoms with van der Waals surface area (Å²) in [6.07, 6.45) is 2.36. The van der Waals surface area contributed by atoms with Crippen molar-refractivity contribution in [2.45, 2.75) is 18.9 Å². The van der Waals surface area contributed by atoms with Crippen molar-refractivity contribution in [3.05, 3.63) is 77.0 Å². The van der Waals surface area contributed by atoms with E-state index in [1.165, 1.54) is 22.6 Å². The van der Waals surface area contributed by atoms with Crippen LogP contribution in [-0.2, 0) is 4.79 Å². The Kier molecular flexibility index (Phi) is 5.14. The number of thiophene rings is 1. The SMILES string of the molecule is O=C(C[NH+]1CCC[C@H]1c1cccs1)Nc1ccccc1-c1ccccc1. The molecule has 1 aliphatic heterocycles. The largest absolute Gasteiger partial charge is 0.321 e. The Morgan fingerprint density at radius 3 is 2.65 bits per heavy atom. The second-order valence-corrected chi connectivity index (χ2v) is 7.73. The molecule has 1 aliphatic rings. The maximum atomic E-state index is 12.7. The number of likely N-dealkylation sites (tertiary alicyclic amines) is 1. The average molecular weight is 364 g/mol. The Bertz CT molecular complexity index is 861. The molecule has 1 saturated heterocycles. The van der Waals surface area contributed by atoms with Gasteiger partial charge in [-0.15, -0.1) is 11.3 Å². The van der Waals surface area contributed by atoms with Crippen molar-refractivity contribution in [2.75, 3.05) is 18.4 Å². The zero-order valence-electron chi connectivity index (χ0n) is 14.7. The Labute approximate surface area is 158 Å². The molecule has 2 atom stereocenters. The van der Waals surface area contributed by atoms with Crippen molar-refractivity contribution in [1.29, 1.82) is 0 Å². The first kappa shape index (κ1) is 17.0. The molecule has 0 saturated carbocycles. The van der Waals surface area contributed by atoms with E-state index in [0.29, 0.717) is 12.6 Å². The van der Waals surface area contributed by atoms with E-state index >= 15 is 0 Å². The maximum Gasteiger partial charge on any atom is 0.279 e. The first-order valence-electron chi connectivity index (χ1n) is 9.13. The summed E-state index contributed by atoms with van der Waals surface area (Å²) in [5.41, 5.74) is 3.07. The molecule has 3 nitrogen and oxygen atoms in total. The lowest BCUT2D eigenvalue weighted by molar-refractivity contribution is -0.910. The molecule has 0 aliphatic carbocycles. The van der Waals surface area contributed by atoms with Crippen LogP contribution in [0.2, 0.25) is 0 Å². The summed E-state index contributed by atoms with van der Waals surface area (Å²) in [6, 6.07) is 23.0. The van der Waals surface area contributed by atoms with E-state index in [-0.39, 0.29) is 5.91 Å². The Morgan fingerprint density at radius 2 is 1.85 bits per heavy atom. The quantitative estimate of drug-likeness (QED) is 0.711. The van der Waals surface area contributed by atoms with E-state index in [9.17, 15) is 4.79 Å². The molecule has 1 amide bonds. The molecule has 132 valence electrons. The zero-order chi connectivity index (χ0) is 17.8. The van der Waals surface area contributed by atoms with Crippen LogP contribution in [0.3, 0.4) is 0 Å². The number of para-hydroxylation sites is 1. The van der Waals surface area contributed by atoms with Crippen LogP contribution in [0.5, 0.6) is 0 Å². The Balaban J connectivity index is 1.47. The van der Waals surface area contributed by atoms with Crippen LogP contribution in [-0.4, -0.2) is 19.0 Å². The highest BCUT2D eigenvalue weighted by atomic mass is 32.1. The van der Waals surface area contributed by atoms with E-state index in [1.54, 1.807) is 11.3 Å². The Hall–Kier alpha value is -2.43. The molecule has 0 spiro atoms. The highest BCUT2D eigenvalue weighted by molar-refractivity contribution is 7.10. The summed E-state index contributed by atoms with van der Waals surface area (Å²) >= 11 is 1.80. The van der Waals surface area contributed by atoms with Gasteiger partial charge in [0.25, 0.3) is 5.91 Å². The van der Waals surface area contributed by atoms with Gasteiger partial charge in [0.2, 0.25) is 0 Å². The molecule has 1 aromatic heterocycles. The molecule has 0 radical (unpaired) electrons.